The summed E-state index contributed by atoms with van der Waals surface area (Å²) in [5.74, 6) is 0.0374. The van der Waals surface area contributed by atoms with Crippen molar-refractivity contribution in [2.24, 2.45) is 4.99 Å². The smallest absolute Gasteiger partial charge is 0.146 e. The second-order valence-corrected chi connectivity index (χ2v) is 3.18. The number of hydrogen-bond acceptors (Lipinski definition) is 3. The summed E-state index contributed by atoms with van der Waals surface area (Å²) in [6.45, 7) is 0. The molecule has 0 bridgehead atoms. The van der Waals surface area contributed by atoms with Gasteiger partial charge in [0.15, 0.2) is 0 Å². The molecule has 0 saturated heterocycles. The summed E-state index contributed by atoms with van der Waals surface area (Å²) in [5, 5.41) is 2.15. The maximum Gasteiger partial charge on any atom is 0.146 e. The maximum absolute atomic E-state index is 13.0. The monoisotopic (exact) mass is 261 g/mol. The van der Waals surface area contributed by atoms with E-state index in [-0.39, 0.29) is 0 Å². The van der Waals surface area contributed by atoms with Crippen LogP contribution < -0.4 is 4.74 Å². The van der Waals surface area contributed by atoms with Crippen LogP contribution in [0, 0.1) is 5.82 Å². The van der Waals surface area contributed by atoms with Crippen LogP contribution in [0.3, 0.4) is 0 Å². The first-order valence-electron chi connectivity index (χ1n) is 3.30. The zero-order chi connectivity index (χ0) is 9.84. The highest BCUT2D eigenvalue weighted by Gasteiger charge is 2.07. The molecule has 0 aliphatic heterocycles. The first-order chi connectivity index (χ1) is 6.19. The number of isothiocyanates is 1. The summed E-state index contributed by atoms with van der Waals surface area (Å²) in [5.41, 5.74) is 0.332. The van der Waals surface area contributed by atoms with Crippen molar-refractivity contribution in [2.75, 3.05) is 7.11 Å². The first kappa shape index (κ1) is 10.3. The number of aliphatic imine (C=N–C) groups is 1. The standard InChI is InChI=1S/C8H5BrFNOS/c1-12-8-2-5(9)6(10)3-7(8)11-4-13/h2-3H,1H3. The van der Waals surface area contributed by atoms with Crippen LogP contribution in [-0.2, 0) is 0 Å². The van der Waals surface area contributed by atoms with E-state index in [1.807, 2.05) is 0 Å². The Morgan fingerprint density at radius 1 is 1.62 bits per heavy atom. The molecular formula is C8H5BrFNOS. The maximum atomic E-state index is 13.0. The van der Waals surface area contributed by atoms with Crippen LogP contribution in [0.15, 0.2) is 21.6 Å². The number of rotatable bonds is 2. The molecule has 68 valence electrons. The topological polar surface area (TPSA) is 21.6 Å². The number of benzene rings is 1. The highest BCUT2D eigenvalue weighted by molar-refractivity contribution is 9.10. The normalized spacial score (nSPS) is 9.15. The Labute approximate surface area is 88.6 Å². The Bertz CT molecular complexity index is 377. The van der Waals surface area contributed by atoms with Crippen LogP contribution in [0.2, 0.25) is 0 Å². The van der Waals surface area contributed by atoms with E-state index in [0.717, 1.165) is 0 Å². The third-order valence-electron chi connectivity index (χ3n) is 1.39. The van der Waals surface area contributed by atoms with Gasteiger partial charge in [-0.3, -0.25) is 0 Å². The molecule has 0 spiro atoms. The Morgan fingerprint density at radius 2 is 2.31 bits per heavy atom. The SMILES string of the molecule is COc1cc(Br)c(F)cc1N=C=S. The van der Waals surface area contributed by atoms with Crippen molar-refractivity contribution < 1.29 is 9.13 Å². The minimum Gasteiger partial charge on any atom is -0.494 e. The summed E-state index contributed by atoms with van der Waals surface area (Å²) in [6, 6.07) is 2.71. The van der Waals surface area contributed by atoms with Crippen LogP contribution in [0.4, 0.5) is 10.1 Å². The molecule has 5 heteroatoms. The molecule has 1 rings (SSSR count). The van der Waals surface area contributed by atoms with E-state index in [9.17, 15) is 4.39 Å². The molecule has 0 amide bonds. The van der Waals surface area contributed by atoms with Gasteiger partial charge in [0.2, 0.25) is 0 Å². The van der Waals surface area contributed by atoms with Crippen molar-refractivity contribution in [3.05, 3.63) is 22.4 Å². The molecule has 0 radical (unpaired) electrons. The number of methoxy groups -OCH3 is 1. The highest BCUT2D eigenvalue weighted by atomic mass is 79.9. The summed E-state index contributed by atoms with van der Waals surface area (Å²) in [4.78, 5) is 3.66. The molecule has 0 aliphatic rings. The lowest BCUT2D eigenvalue weighted by Crippen LogP contribution is -1.85. The average Bonchev–Trinajstić information content (AvgIpc) is 2.11. The van der Waals surface area contributed by atoms with Crippen molar-refractivity contribution in [1.82, 2.24) is 0 Å². The molecular weight excluding hydrogens is 257 g/mol. The predicted molar refractivity (Wildman–Crippen MR) is 55.3 cm³/mol. The van der Waals surface area contributed by atoms with Crippen molar-refractivity contribution in [3.63, 3.8) is 0 Å². The van der Waals surface area contributed by atoms with Crippen LogP contribution >= 0.6 is 28.1 Å². The van der Waals surface area contributed by atoms with Crippen LogP contribution in [-0.4, -0.2) is 12.3 Å². The van der Waals surface area contributed by atoms with Gasteiger partial charge in [-0.25, -0.2) is 4.39 Å². The minimum atomic E-state index is -0.412. The zero-order valence-electron chi connectivity index (χ0n) is 6.67. The first-order valence-corrected chi connectivity index (χ1v) is 4.50. The van der Waals surface area contributed by atoms with Gasteiger partial charge >= 0.3 is 0 Å². The molecule has 2 nitrogen and oxygen atoms in total. The largest absolute Gasteiger partial charge is 0.494 e. The molecule has 0 aliphatic carbocycles. The Morgan fingerprint density at radius 3 is 2.85 bits per heavy atom. The van der Waals surface area contributed by atoms with Gasteiger partial charge in [-0.05, 0) is 34.2 Å². The molecule has 13 heavy (non-hydrogen) atoms. The predicted octanol–water partition coefficient (Wildman–Crippen LogP) is 3.33. The van der Waals surface area contributed by atoms with Gasteiger partial charge in [0.1, 0.15) is 17.3 Å². The lowest BCUT2D eigenvalue weighted by atomic mass is 10.3. The highest BCUT2D eigenvalue weighted by Crippen LogP contribution is 2.32. The molecule has 0 saturated carbocycles. The Balaban J connectivity index is 3.32. The molecule has 0 heterocycles. The minimum absolute atomic E-state index is 0.327. The molecule has 0 N–H and O–H groups in total. The van der Waals surface area contributed by atoms with E-state index in [1.165, 1.54) is 19.2 Å². The molecule has 0 aromatic heterocycles. The van der Waals surface area contributed by atoms with Crippen molar-refractivity contribution >= 4 is 39.0 Å². The quantitative estimate of drug-likeness (QED) is 0.602. The van der Waals surface area contributed by atoms with E-state index in [0.29, 0.717) is 15.9 Å². The molecule has 1 aromatic rings. The van der Waals surface area contributed by atoms with Crippen LogP contribution in [0.1, 0.15) is 0 Å². The molecule has 0 unspecified atom stereocenters. The number of hydrogen-bond donors (Lipinski definition) is 0. The van der Waals surface area contributed by atoms with E-state index in [1.54, 1.807) is 0 Å². The second kappa shape index (κ2) is 4.46. The third-order valence-corrected chi connectivity index (χ3v) is 2.09. The number of nitrogens with zero attached hydrogens (tertiary/aromatic N) is 1. The number of halogens is 2. The lowest BCUT2D eigenvalue weighted by Gasteiger charge is -2.03. The van der Waals surface area contributed by atoms with Gasteiger partial charge in [-0.1, -0.05) is 0 Å². The fraction of sp³-hybridized carbons (Fsp3) is 0.125. The Hall–Kier alpha value is -0.770. The van der Waals surface area contributed by atoms with E-state index in [2.05, 4.69) is 38.3 Å². The summed E-state index contributed by atoms with van der Waals surface area (Å²) in [7, 11) is 1.47. The van der Waals surface area contributed by atoms with Gasteiger partial charge < -0.3 is 4.74 Å². The van der Waals surface area contributed by atoms with E-state index < -0.39 is 5.82 Å². The third kappa shape index (κ3) is 2.34. The number of thiocarbonyl (C=S) groups is 1. The summed E-state index contributed by atoms with van der Waals surface area (Å²) >= 11 is 7.44. The molecule has 0 atom stereocenters. The van der Waals surface area contributed by atoms with E-state index >= 15 is 0 Å². The summed E-state index contributed by atoms with van der Waals surface area (Å²) < 4.78 is 18.3. The molecule has 1 aromatic carbocycles. The number of ether oxygens (including phenoxy) is 1. The van der Waals surface area contributed by atoms with Crippen molar-refractivity contribution in [2.45, 2.75) is 0 Å². The Kier molecular flexibility index (Phi) is 3.54. The zero-order valence-corrected chi connectivity index (χ0v) is 9.08. The fourth-order valence-electron chi connectivity index (χ4n) is 0.818. The van der Waals surface area contributed by atoms with Gasteiger partial charge in [0.25, 0.3) is 0 Å². The average molecular weight is 262 g/mol. The lowest BCUT2D eigenvalue weighted by molar-refractivity contribution is 0.414. The van der Waals surface area contributed by atoms with E-state index in [4.69, 9.17) is 4.74 Å². The van der Waals surface area contributed by atoms with Crippen molar-refractivity contribution in [3.8, 4) is 5.75 Å². The van der Waals surface area contributed by atoms with Gasteiger partial charge in [0.05, 0.1) is 16.7 Å². The van der Waals surface area contributed by atoms with Gasteiger partial charge in [-0.15, -0.1) is 0 Å². The van der Waals surface area contributed by atoms with Crippen molar-refractivity contribution in [1.29, 1.82) is 0 Å². The summed E-state index contributed by atoms with van der Waals surface area (Å²) in [6.07, 6.45) is 0. The molecule has 0 fully saturated rings. The van der Waals surface area contributed by atoms with Crippen LogP contribution in [0.5, 0.6) is 5.75 Å². The van der Waals surface area contributed by atoms with Crippen LogP contribution in [0.25, 0.3) is 0 Å². The van der Waals surface area contributed by atoms with Gasteiger partial charge in [-0.2, -0.15) is 4.99 Å². The fourth-order valence-corrected chi connectivity index (χ4v) is 1.24. The second-order valence-electron chi connectivity index (χ2n) is 2.14. The van der Waals surface area contributed by atoms with Gasteiger partial charge in [0, 0.05) is 6.07 Å².